The molecular formula is C8H11NO5S. The Kier molecular flexibility index (Phi) is 3.35. The summed E-state index contributed by atoms with van der Waals surface area (Å²) in [4.78, 5) is 10.4. The van der Waals surface area contributed by atoms with Crippen molar-refractivity contribution in [1.29, 1.82) is 0 Å². The fraction of sp³-hybridized carbons (Fsp3) is 0.375. The van der Waals surface area contributed by atoms with E-state index in [1.165, 1.54) is 12.1 Å². The zero-order valence-corrected chi connectivity index (χ0v) is 8.87. The molecule has 0 aliphatic carbocycles. The van der Waals surface area contributed by atoms with Gasteiger partial charge in [-0.2, -0.15) is 0 Å². The zero-order valence-electron chi connectivity index (χ0n) is 8.06. The van der Waals surface area contributed by atoms with E-state index in [4.69, 9.17) is 9.52 Å². The monoisotopic (exact) mass is 233 g/mol. The van der Waals surface area contributed by atoms with Gasteiger partial charge < -0.3 is 14.8 Å². The zero-order chi connectivity index (χ0) is 11.5. The number of aromatic carboxylic acids is 1. The van der Waals surface area contributed by atoms with Crippen LogP contribution in [0.3, 0.4) is 0 Å². The lowest BCUT2D eigenvalue weighted by Crippen LogP contribution is -2.13. The van der Waals surface area contributed by atoms with Crippen molar-refractivity contribution in [3.8, 4) is 0 Å². The summed E-state index contributed by atoms with van der Waals surface area (Å²) in [7, 11) is -3.02. The van der Waals surface area contributed by atoms with Gasteiger partial charge in [0.05, 0.1) is 5.75 Å². The van der Waals surface area contributed by atoms with Crippen molar-refractivity contribution in [2.75, 3.05) is 23.9 Å². The number of furan rings is 1. The number of carbonyl (C=O) groups is 1. The number of hydrogen-bond donors (Lipinski definition) is 2. The Labute approximate surface area is 86.8 Å². The fourth-order valence-electron chi connectivity index (χ4n) is 0.907. The van der Waals surface area contributed by atoms with Crippen molar-refractivity contribution in [3.63, 3.8) is 0 Å². The number of nitrogens with one attached hydrogen (secondary N) is 1. The van der Waals surface area contributed by atoms with E-state index >= 15 is 0 Å². The molecule has 0 fully saturated rings. The standard InChI is InChI=1S/C8H11NO5S/c1-15(12,13)5-4-9-7-3-2-6(14-7)8(10)11/h2-3,9H,4-5H2,1H3,(H,10,11). The largest absolute Gasteiger partial charge is 0.475 e. The SMILES string of the molecule is CS(=O)(=O)CCNc1ccc(C(=O)O)o1. The predicted molar refractivity (Wildman–Crippen MR) is 53.9 cm³/mol. The molecule has 0 atom stereocenters. The van der Waals surface area contributed by atoms with Crippen LogP contribution in [0.1, 0.15) is 10.6 Å². The highest BCUT2D eigenvalue weighted by Crippen LogP contribution is 2.12. The maximum atomic E-state index is 10.8. The molecule has 1 aromatic rings. The molecule has 0 aromatic carbocycles. The van der Waals surface area contributed by atoms with Crippen molar-refractivity contribution in [1.82, 2.24) is 0 Å². The maximum absolute atomic E-state index is 10.8. The van der Waals surface area contributed by atoms with Gasteiger partial charge in [0, 0.05) is 18.9 Å². The molecule has 84 valence electrons. The molecule has 0 aliphatic heterocycles. The third kappa shape index (κ3) is 4.03. The average molecular weight is 233 g/mol. The molecule has 0 aliphatic rings. The minimum absolute atomic E-state index is 0.0316. The van der Waals surface area contributed by atoms with E-state index in [0.29, 0.717) is 0 Å². The summed E-state index contributed by atoms with van der Waals surface area (Å²) in [5.74, 6) is -1.13. The Bertz CT molecular complexity index is 447. The van der Waals surface area contributed by atoms with E-state index in [1.54, 1.807) is 0 Å². The molecule has 15 heavy (non-hydrogen) atoms. The molecule has 2 N–H and O–H groups in total. The molecule has 0 saturated heterocycles. The predicted octanol–water partition coefficient (Wildman–Crippen LogP) is 0.434. The van der Waals surface area contributed by atoms with E-state index < -0.39 is 15.8 Å². The lowest BCUT2D eigenvalue weighted by molar-refractivity contribution is 0.0663. The van der Waals surface area contributed by atoms with Crippen LogP contribution >= 0.6 is 0 Å². The van der Waals surface area contributed by atoms with Crippen LogP contribution in [0.5, 0.6) is 0 Å². The van der Waals surface area contributed by atoms with E-state index in [0.717, 1.165) is 6.26 Å². The third-order valence-corrected chi connectivity index (χ3v) is 2.53. The van der Waals surface area contributed by atoms with Gasteiger partial charge in [-0.3, -0.25) is 0 Å². The van der Waals surface area contributed by atoms with Crippen LogP contribution in [0, 0.1) is 0 Å². The van der Waals surface area contributed by atoms with Crippen molar-refractivity contribution >= 4 is 21.7 Å². The number of rotatable bonds is 5. The summed E-state index contributed by atoms with van der Waals surface area (Å²) >= 11 is 0. The average Bonchev–Trinajstić information content (AvgIpc) is 2.50. The van der Waals surface area contributed by atoms with Crippen LogP contribution < -0.4 is 5.32 Å². The molecule has 7 heteroatoms. The topological polar surface area (TPSA) is 96.6 Å². The van der Waals surface area contributed by atoms with Crippen molar-refractivity contribution in [2.24, 2.45) is 0 Å². The Hall–Kier alpha value is -1.50. The first kappa shape index (κ1) is 11.6. The van der Waals surface area contributed by atoms with Gasteiger partial charge in [0.15, 0.2) is 5.88 Å². The Morgan fingerprint density at radius 1 is 1.53 bits per heavy atom. The Morgan fingerprint density at radius 3 is 2.67 bits per heavy atom. The van der Waals surface area contributed by atoms with Gasteiger partial charge in [-0.1, -0.05) is 0 Å². The number of anilines is 1. The smallest absolute Gasteiger partial charge is 0.371 e. The Morgan fingerprint density at radius 2 is 2.20 bits per heavy atom. The second kappa shape index (κ2) is 4.35. The van der Waals surface area contributed by atoms with E-state index in [9.17, 15) is 13.2 Å². The summed E-state index contributed by atoms with van der Waals surface area (Å²) in [5, 5.41) is 11.2. The molecule has 0 bridgehead atoms. The summed E-state index contributed by atoms with van der Waals surface area (Å²) in [6.07, 6.45) is 1.12. The van der Waals surface area contributed by atoms with Gasteiger partial charge in [-0.05, 0) is 6.07 Å². The molecule has 0 spiro atoms. The maximum Gasteiger partial charge on any atom is 0.371 e. The van der Waals surface area contributed by atoms with Gasteiger partial charge >= 0.3 is 5.97 Å². The number of carboxylic acid groups (broad SMARTS) is 1. The van der Waals surface area contributed by atoms with Crippen LogP contribution in [0.4, 0.5) is 5.88 Å². The van der Waals surface area contributed by atoms with E-state index in [1.807, 2.05) is 0 Å². The summed E-state index contributed by atoms with van der Waals surface area (Å²) in [6.45, 7) is 0.186. The van der Waals surface area contributed by atoms with Gasteiger partial charge in [0.25, 0.3) is 0 Å². The molecule has 1 rings (SSSR count). The van der Waals surface area contributed by atoms with Gasteiger partial charge in [-0.15, -0.1) is 0 Å². The first-order valence-electron chi connectivity index (χ1n) is 4.13. The molecule has 6 nitrogen and oxygen atoms in total. The second-order valence-electron chi connectivity index (χ2n) is 3.03. The number of hydrogen-bond acceptors (Lipinski definition) is 5. The number of carboxylic acids is 1. The first-order valence-corrected chi connectivity index (χ1v) is 6.19. The van der Waals surface area contributed by atoms with Crippen LogP contribution in [0.25, 0.3) is 0 Å². The van der Waals surface area contributed by atoms with Crippen molar-refractivity contribution in [3.05, 3.63) is 17.9 Å². The van der Waals surface area contributed by atoms with E-state index in [2.05, 4.69) is 5.32 Å². The fourth-order valence-corrected chi connectivity index (χ4v) is 1.38. The van der Waals surface area contributed by atoms with Crippen molar-refractivity contribution < 1.29 is 22.7 Å². The Balaban J connectivity index is 2.48. The molecular weight excluding hydrogens is 222 g/mol. The highest BCUT2D eigenvalue weighted by Gasteiger charge is 2.08. The molecule has 1 heterocycles. The second-order valence-corrected chi connectivity index (χ2v) is 5.29. The van der Waals surface area contributed by atoms with Crippen molar-refractivity contribution in [2.45, 2.75) is 0 Å². The van der Waals surface area contributed by atoms with Crippen LogP contribution in [-0.4, -0.2) is 38.0 Å². The van der Waals surface area contributed by atoms with Crippen LogP contribution in [0.15, 0.2) is 16.5 Å². The van der Waals surface area contributed by atoms with Crippen LogP contribution in [-0.2, 0) is 9.84 Å². The molecule has 0 radical (unpaired) electrons. The van der Waals surface area contributed by atoms with Gasteiger partial charge in [-0.25, -0.2) is 13.2 Å². The summed E-state index contributed by atoms with van der Waals surface area (Å²) < 4.78 is 26.4. The molecule has 0 unspecified atom stereocenters. The normalized spacial score (nSPS) is 11.3. The number of sulfone groups is 1. The summed E-state index contributed by atoms with van der Waals surface area (Å²) in [6, 6.07) is 2.73. The highest BCUT2D eigenvalue weighted by molar-refractivity contribution is 7.90. The quantitative estimate of drug-likeness (QED) is 0.765. The summed E-state index contributed by atoms with van der Waals surface area (Å²) in [5.41, 5.74) is 0. The van der Waals surface area contributed by atoms with E-state index in [-0.39, 0.29) is 23.9 Å². The minimum Gasteiger partial charge on any atom is -0.475 e. The third-order valence-electron chi connectivity index (χ3n) is 1.59. The molecule has 1 aromatic heterocycles. The molecule has 0 saturated carbocycles. The highest BCUT2D eigenvalue weighted by atomic mass is 32.2. The van der Waals surface area contributed by atoms with Gasteiger partial charge in [0.2, 0.25) is 5.76 Å². The van der Waals surface area contributed by atoms with Crippen LogP contribution in [0.2, 0.25) is 0 Å². The lowest BCUT2D eigenvalue weighted by atomic mass is 10.5. The molecule has 0 amide bonds. The lowest BCUT2D eigenvalue weighted by Gasteiger charge is -2.00. The van der Waals surface area contributed by atoms with Gasteiger partial charge in [0.1, 0.15) is 9.84 Å². The first-order chi connectivity index (χ1) is 6.88. The minimum atomic E-state index is -3.02.